The van der Waals surface area contributed by atoms with Crippen molar-refractivity contribution < 1.29 is 14.3 Å². The molecule has 0 aliphatic carbocycles. The second-order valence-electron chi connectivity index (χ2n) is 9.29. The van der Waals surface area contributed by atoms with Crippen LogP contribution in [0.2, 0.25) is 0 Å². The standard InChI is InChI=1S/C29H31N3O3/c33-28(30-18-22-10-3-1-4-11-22)27-21-32(25-15-7-8-16-26(25)35-27)29(34)24-14-9-17-31(20-24)19-23-12-5-2-6-13-23/h1-8,10-13,15-16,24,27H,9,14,17-21H2,(H,30,33)/t24-,27-/m0/s1. The molecule has 1 saturated heterocycles. The molecular weight excluding hydrogens is 438 g/mol. The number of para-hydroxylation sites is 2. The van der Waals surface area contributed by atoms with Gasteiger partial charge in [-0.1, -0.05) is 72.8 Å². The summed E-state index contributed by atoms with van der Waals surface area (Å²) < 4.78 is 6.03. The van der Waals surface area contributed by atoms with E-state index in [2.05, 4.69) is 34.5 Å². The fourth-order valence-electron chi connectivity index (χ4n) is 4.94. The van der Waals surface area contributed by atoms with E-state index >= 15 is 0 Å². The first-order valence-electron chi connectivity index (χ1n) is 12.3. The van der Waals surface area contributed by atoms with Crippen molar-refractivity contribution in [2.24, 2.45) is 5.92 Å². The Morgan fingerprint density at radius 2 is 1.54 bits per heavy atom. The Hall–Kier alpha value is -3.64. The van der Waals surface area contributed by atoms with Gasteiger partial charge in [-0.3, -0.25) is 14.5 Å². The molecule has 0 saturated carbocycles. The van der Waals surface area contributed by atoms with Gasteiger partial charge < -0.3 is 15.0 Å². The Balaban J connectivity index is 1.28. The molecule has 0 spiro atoms. The van der Waals surface area contributed by atoms with Crippen molar-refractivity contribution >= 4 is 17.5 Å². The maximum Gasteiger partial charge on any atom is 0.263 e. The monoisotopic (exact) mass is 469 g/mol. The molecule has 35 heavy (non-hydrogen) atoms. The van der Waals surface area contributed by atoms with Crippen LogP contribution in [0.15, 0.2) is 84.9 Å². The fourth-order valence-corrected chi connectivity index (χ4v) is 4.94. The number of likely N-dealkylation sites (tertiary alicyclic amines) is 1. The average Bonchev–Trinajstić information content (AvgIpc) is 2.92. The minimum absolute atomic E-state index is 0.0689. The lowest BCUT2D eigenvalue weighted by molar-refractivity contribution is -0.129. The third-order valence-corrected chi connectivity index (χ3v) is 6.75. The predicted molar refractivity (Wildman–Crippen MR) is 136 cm³/mol. The molecule has 0 bridgehead atoms. The zero-order chi connectivity index (χ0) is 24.0. The van der Waals surface area contributed by atoms with Gasteiger partial charge in [0.05, 0.1) is 18.2 Å². The molecule has 3 aromatic carbocycles. The number of nitrogens with zero attached hydrogens (tertiary/aromatic N) is 2. The summed E-state index contributed by atoms with van der Waals surface area (Å²) in [6.45, 7) is 3.19. The zero-order valence-corrected chi connectivity index (χ0v) is 19.8. The molecule has 1 fully saturated rings. The molecule has 3 aromatic rings. The topological polar surface area (TPSA) is 61.9 Å². The molecule has 5 rings (SSSR count). The van der Waals surface area contributed by atoms with Gasteiger partial charge in [-0.05, 0) is 42.6 Å². The van der Waals surface area contributed by atoms with Gasteiger partial charge in [0.15, 0.2) is 6.10 Å². The van der Waals surface area contributed by atoms with E-state index in [4.69, 9.17) is 4.74 Å². The molecular formula is C29H31N3O3. The molecule has 180 valence electrons. The highest BCUT2D eigenvalue weighted by Crippen LogP contribution is 2.35. The molecule has 1 N–H and O–H groups in total. The fraction of sp³-hybridized carbons (Fsp3) is 0.310. The van der Waals surface area contributed by atoms with Gasteiger partial charge in [-0.15, -0.1) is 0 Å². The van der Waals surface area contributed by atoms with Crippen LogP contribution in [-0.4, -0.2) is 42.5 Å². The van der Waals surface area contributed by atoms with Crippen LogP contribution in [0.1, 0.15) is 24.0 Å². The number of rotatable bonds is 6. The van der Waals surface area contributed by atoms with Crippen LogP contribution < -0.4 is 15.0 Å². The van der Waals surface area contributed by atoms with Crippen LogP contribution in [-0.2, 0) is 22.7 Å². The first-order chi connectivity index (χ1) is 17.2. The van der Waals surface area contributed by atoms with Gasteiger partial charge in [-0.2, -0.15) is 0 Å². The van der Waals surface area contributed by atoms with Crippen LogP contribution >= 0.6 is 0 Å². The summed E-state index contributed by atoms with van der Waals surface area (Å²) in [5.41, 5.74) is 3.02. The van der Waals surface area contributed by atoms with E-state index in [0.29, 0.717) is 12.3 Å². The number of anilines is 1. The third-order valence-electron chi connectivity index (χ3n) is 6.75. The Bertz CT molecular complexity index is 1150. The van der Waals surface area contributed by atoms with Crippen LogP contribution in [0.5, 0.6) is 5.75 Å². The summed E-state index contributed by atoms with van der Waals surface area (Å²) in [6, 6.07) is 27.7. The first-order valence-corrected chi connectivity index (χ1v) is 12.3. The SMILES string of the molecule is O=C(NCc1ccccc1)[C@@H]1CN(C(=O)[C@H]2CCCN(Cc3ccccc3)C2)c2ccccc2O1. The largest absolute Gasteiger partial charge is 0.477 e. The maximum absolute atomic E-state index is 13.8. The number of carbonyl (C=O) groups excluding carboxylic acids is 2. The van der Waals surface area contributed by atoms with Crippen molar-refractivity contribution in [2.45, 2.75) is 32.0 Å². The molecule has 6 nitrogen and oxygen atoms in total. The Labute approximate surface area is 206 Å². The maximum atomic E-state index is 13.8. The lowest BCUT2D eigenvalue weighted by Crippen LogP contribution is -2.53. The lowest BCUT2D eigenvalue weighted by atomic mass is 9.95. The van der Waals surface area contributed by atoms with E-state index in [-0.39, 0.29) is 24.3 Å². The van der Waals surface area contributed by atoms with Crippen LogP contribution in [0.25, 0.3) is 0 Å². The summed E-state index contributed by atoms with van der Waals surface area (Å²) in [5.74, 6) is 0.324. The van der Waals surface area contributed by atoms with Crippen LogP contribution in [0.4, 0.5) is 5.69 Å². The van der Waals surface area contributed by atoms with Gasteiger partial charge >= 0.3 is 0 Å². The second kappa shape index (κ2) is 10.7. The van der Waals surface area contributed by atoms with E-state index in [0.717, 1.165) is 43.7 Å². The Kier molecular flexibility index (Phi) is 7.09. The number of hydrogen-bond donors (Lipinski definition) is 1. The summed E-state index contributed by atoms with van der Waals surface area (Å²) in [6.07, 6.45) is 1.09. The Morgan fingerprint density at radius 1 is 0.857 bits per heavy atom. The van der Waals surface area contributed by atoms with E-state index in [1.54, 1.807) is 4.90 Å². The highest BCUT2D eigenvalue weighted by atomic mass is 16.5. The normalized spacial score (nSPS) is 19.9. The minimum Gasteiger partial charge on any atom is -0.477 e. The molecule has 2 aliphatic heterocycles. The summed E-state index contributed by atoms with van der Waals surface area (Å²) in [5, 5.41) is 2.96. The number of benzene rings is 3. The molecule has 0 unspecified atom stereocenters. The summed E-state index contributed by atoms with van der Waals surface area (Å²) in [7, 11) is 0. The molecule has 2 atom stereocenters. The lowest BCUT2D eigenvalue weighted by Gasteiger charge is -2.38. The zero-order valence-electron chi connectivity index (χ0n) is 19.8. The van der Waals surface area contributed by atoms with Gasteiger partial charge in [-0.25, -0.2) is 0 Å². The third kappa shape index (κ3) is 5.54. The highest BCUT2D eigenvalue weighted by molar-refractivity contribution is 5.98. The van der Waals surface area contributed by atoms with E-state index in [9.17, 15) is 9.59 Å². The number of nitrogens with one attached hydrogen (secondary N) is 1. The molecule has 0 radical (unpaired) electrons. The number of fused-ring (bicyclic) bond motifs is 1. The van der Waals surface area contributed by atoms with Crippen molar-refractivity contribution in [3.63, 3.8) is 0 Å². The first kappa shape index (κ1) is 23.1. The van der Waals surface area contributed by atoms with E-state index in [1.165, 1.54) is 5.56 Å². The number of carbonyl (C=O) groups is 2. The number of amides is 2. The van der Waals surface area contributed by atoms with Crippen molar-refractivity contribution in [3.8, 4) is 5.75 Å². The molecule has 2 amide bonds. The average molecular weight is 470 g/mol. The Morgan fingerprint density at radius 3 is 2.31 bits per heavy atom. The molecule has 2 aliphatic rings. The molecule has 0 aromatic heterocycles. The second-order valence-corrected chi connectivity index (χ2v) is 9.29. The van der Waals surface area contributed by atoms with Gasteiger partial charge in [0, 0.05) is 19.6 Å². The van der Waals surface area contributed by atoms with Crippen molar-refractivity contribution in [1.82, 2.24) is 10.2 Å². The predicted octanol–water partition coefficient (Wildman–Crippen LogP) is 4.01. The van der Waals surface area contributed by atoms with Crippen LogP contribution in [0, 0.1) is 5.92 Å². The summed E-state index contributed by atoms with van der Waals surface area (Å²) >= 11 is 0. The van der Waals surface area contributed by atoms with Crippen molar-refractivity contribution in [3.05, 3.63) is 96.1 Å². The van der Waals surface area contributed by atoms with Crippen molar-refractivity contribution in [1.29, 1.82) is 0 Å². The van der Waals surface area contributed by atoms with Gasteiger partial charge in [0.2, 0.25) is 5.91 Å². The van der Waals surface area contributed by atoms with Gasteiger partial charge in [0.1, 0.15) is 5.75 Å². The minimum atomic E-state index is -0.749. The van der Waals surface area contributed by atoms with E-state index in [1.807, 2.05) is 60.7 Å². The highest BCUT2D eigenvalue weighted by Gasteiger charge is 2.37. The number of ether oxygens (including phenoxy) is 1. The number of piperidine rings is 1. The molecule has 6 heteroatoms. The smallest absolute Gasteiger partial charge is 0.263 e. The summed E-state index contributed by atoms with van der Waals surface area (Å²) in [4.78, 5) is 30.9. The van der Waals surface area contributed by atoms with Gasteiger partial charge in [0.25, 0.3) is 5.91 Å². The van der Waals surface area contributed by atoms with Crippen LogP contribution in [0.3, 0.4) is 0 Å². The van der Waals surface area contributed by atoms with Crippen molar-refractivity contribution in [2.75, 3.05) is 24.5 Å². The van der Waals surface area contributed by atoms with E-state index < -0.39 is 6.10 Å². The quantitative estimate of drug-likeness (QED) is 0.593. The number of hydrogen-bond acceptors (Lipinski definition) is 4. The molecule has 2 heterocycles.